The van der Waals surface area contributed by atoms with E-state index in [1.807, 2.05) is 228 Å². The van der Waals surface area contributed by atoms with E-state index in [0.717, 1.165) is 132 Å². The molecule has 0 aromatic heterocycles. The second kappa shape index (κ2) is 50.4. The summed E-state index contributed by atoms with van der Waals surface area (Å²) in [6, 6.07) is 52.4. The van der Waals surface area contributed by atoms with Gasteiger partial charge in [0, 0.05) is 127 Å². The number of hydrogen-bond donors (Lipinski definition) is 6. The first-order valence-electron chi connectivity index (χ1n) is 48.0. The van der Waals surface area contributed by atoms with Crippen molar-refractivity contribution in [2.24, 2.45) is 23.7 Å². The Bertz CT molecular complexity index is 5280. The molecule has 0 aliphatic carbocycles. The highest BCUT2D eigenvalue weighted by Gasteiger charge is 2.43. The minimum absolute atomic E-state index is 0.0133. The largest absolute Gasteiger partial charge is 0.444 e. The van der Waals surface area contributed by atoms with Crippen LogP contribution in [0.25, 0.3) is 50.1 Å². The van der Waals surface area contributed by atoms with Crippen LogP contribution in [0.1, 0.15) is 243 Å². The maximum Gasteiger partial charge on any atom is 0.410 e. The number of piperidine rings is 4. The molecule has 0 saturated carbocycles. The van der Waals surface area contributed by atoms with Crippen molar-refractivity contribution in [2.45, 2.75) is 248 Å². The third-order valence-corrected chi connectivity index (χ3v) is 24.9. The summed E-state index contributed by atoms with van der Waals surface area (Å²) in [7, 11) is 0. The molecule has 4 saturated heterocycles. The summed E-state index contributed by atoms with van der Waals surface area (Å²) in [4.78, 5) is 88.8. The van der Waals surface area contributed by atoms with Crippen LogP contribution in [0.5, 0.6) is 0 Å². The van der Waals surface area contributed by atoms with E-state index < -0.39 is 28.5 Å². The molecule has 4 aliphatic rings. The quantitative estimate of drug-likeness (QED) is 0.0160. The van der Waals surface area contributed by atoms with Crippen LogP contribution in [0.15, 0.2) is 176 Å². The smallest absolute Gasteiger partial charge is 0.410 e. The molecule has 7 atom stereocenters. The van der Waals surface area contributed by atoms with Crippen LogP contribution in [-0.2, 0) is 39.0 Å². The summed E-state index contributed by atoms with van der Waals surface area (Å²) >= 11 is 0. The number of benzene rings is 8. The number of ether oxygens (including phenoxy) is 3. The summed E-state index contributed by atoms with van der Waals surface area (Å²) in [6.45, 7) is 38.4. The normalized spacial score (nSPS) is 17.4. The Balaban J connectivity index is 0.000000201. The molecule has 4 aliphatic heterocycles. The summed E-state index contributed by atoms with van der Waals surface area (Å²) in [5, 5.41) is 27.1. The third-order valence-electron chi connectivity index (χ3n) is 24.9. The van der Waals surface area contributed by atoms with Gasteiger partial charge in [0.15, 0.2) is 0 Å². The maximum absolute atomic E-state index is 14.9. The molecule has 4 heterocycles. The van der Waals surface area contributed by atoms with Crippen LogP contribution >= 0.6 is 0 Å². The molecule has 0 radical (unpaired) electrons. The van der Waals surface area contributed by atoms with E-state index in [0.29, 0.717) is 131 Å². The molecule has 6 N–H and O–H groups in total. The monoisotopic (exact) mass is 1840 g/mol. The fourth-order valence-corrected chi connectivity index (χ4v) is 18.5. The van der Waals surface area contributed by atoms with Gasteiger partial charge in [0.25, 0.3) is 0 Å². The number of aliphatic hydroxyl groups is 1. The van der Waals surface area contributed by atoms with E-state index in [9.17, 15) is 56.2 Å². The van der Waals surface area contributed by atoms with Crippen LogP contribution in [0.3, 0.4) is 0 Å². The Kier molecular flexibility index (Phi) is 40.1. The summed E-state index contributed by atoms with van der Waals surface area (Å²) in [5.74, 6) is -0.179. The van der Waals surface area contributed by atoms with Crippen LogP contribution < -0.4 is 26.6 Å². The number of carbonyl (C=O) groups is 7. The summed E-state index contributed by atoms with van der Waals surface area (Å²) in [6.07, 6.45) is 13.7. The lowest BCUT2D eigenvalue weighted by Gasteiger charge is -2.43. The molecule has 8 aromatic carbocycles. The number of nitrogens with one attached hydrogen (secondary N) is 5. The van der Waals surface area contributed by atoms with Gasteiger partial charge in [-0.2, -0.15) is 0 Å². The number of halogens is 4. The number of aryl methyl sites for hydroxylation is 4. The van der Waals surface area contributed by atoms with Crippen LogP contribution in [0, 0.1) is 74.6 Å². The zero-order valence-corrected chi connectivity index (χ0v) is 82.2. The molecule has 724 valence electrons. The highest BCUT2D eigenvalue weighted by molar-refractivity contribution is 5.78. The van der Waals surface area contributed by atoms with Crippen molar-refractivity contribution < 1.29 is 70.4 Å². The summed E-state index contributed by atoms with van der Waals surface area (Å²) in [5.41, 5.74) is 11.8. The van der Waals surface area contributed by atoms with Crippen molar-refractivity contribution in [3.05, 3.63) is 244 Å². The lowest BCUT2D eigenvalue weighted by atomic mass is 9.73. The van der Waals surface area contributed by atoms with Gasteiger partial charge in [-0.25, -0.2) is 31.9 Å². The van der Waals surface area contributed by atoms with Crippen molar-refractivity contribution in [3.63, 3.8) is 0 Å². The number of nitrogens with zero attached hydrogens (tertiary/aromatic N) is 3. The molecule has 23 heteroatoms. The minimum atomic E-state index is -1.31. The van der Waals surface area contributed by atoms with Gasteiger partial charge in [0.1, 0.15) is 40.1 Å². The second-order valence-electron chi connectivity index (χ2n) is 39.7. The zero-order chi connectivity index (χ0) is 97.6. The Hall–Kier alpha value is -11.2. The van der Waals surface area contributed by atoms with E-state index in [1.165, 1.54) is 51.3 Å². The van der Waals surface area contributed by atoms with E-state index in [2.05, 4.69) is 32.7 Å². The zero-order valence-electron chi connectivity index (χ0n) is 82.2. The van der Waals surface area contributed by atoms with Crippen LogP contribution in [0.4, 0.5) is 31.9 Å². The van der Waals surface area contributed by atoms with Gasteiger partial charge in [-0.3, -0.25) is 19.2 Å². The first-order chi connectivity index (χ1) is 63.5. The Labute approximate surface area is 793 Å². The van der Waals surface area contributed by atoms with Gasteiger partial charge in [-0.05, 0) is 322 Å². The van der Waals surface area contributed by atoms with Crippen molar-refractivity contribution in [1.82, 2.24) is 41.3 Å². The number of likely N-dealkylation sites (tertiary alicyclic amines) is 3. The fraction of sp³-hybridized carbons (Fsp3) is 0.486. The van der Waals surface area contributed by atoms with E-state index in [4.69, 9.17) is 14.2 Å². The lowest BCUT2D eigenvalue weighted by molar-refractivity contribution is -0.119. The molecule has 0 bridgehead atoms. The molecule has 7 amide bonds. The lowest BCUT2D eigenvalue weighted by Crippen LogP contribution is -2.49. The molecular weight excluding hydrogens is 1700 g/mol. The molecule has 134 heavy (non-hydrogen) atoms. The first-order valence-corrected chi connectivity index (χ1v) is 48.0. The Morgan fingerprint density at radius 1 is 0.433 bits per heavy atom. The minimum Gasteiger partial charge on any atom is -0.444 e. The second-order valence-corrected chi connectivity index (χ2v) is 39.7. The Morgan fingerprint density at radius 3 is 1.25 bits per heavy atom. The van der Waals surface area contributed by atoms with E-state index >= 15 is 0 Å². The Morgan fingerprint density at radius 2 is 0.813 bits per heavy atom. The predicted octanol–water partition coefficient (Wildman–Crippen LogP) is 23.2. The number of rotatable bonds is 27. The van der Waals surface area contributed by atoms with Gasteiger partial charge in [-0.1, -0.05) is 150 Å². The fourth-order valence-electron chi connectivity index (χ4n) is 18.5. The van der Waals surface area contributed by atoms with Crippen molar-refractivity contribution >= 4 is 47.5 Å². The van der Waals surface area contributed by atoms with Crippen molar-refractivity contribution in [1.29, 1.82) is 0 Å². The number of hydrogen-bond acceptors (Lipinski definition) is 12. The third kappa shape index (κ3) is 33.7. The molecule has 0 spiro atoms. The van der Waals surface area contributed by atoms with Crippen LogP contribution in [-0.4, -0.2) is 157 Å². The molecule has 8 aromatic rings. The predicted molar refractivity (Wildman–Crippen MR) is 528 cm³/mol. The number of amides is 7. The van der Waals surface area contributed by atoms with E-state index in [-0.39, 0.29) is 82.8 Å². The standard InChI is InChI=1S/C29H39FN2O4.C29H39FN2O3.C29H37FN2O3.C24H31FN2O/c1-20-9-6-10-22(17-20)25-18-23(12-13-26(25)30)29(35,14-8-15-31-21(2)33)24-11-7-16-32(19-24)27(34)36-28(3,4)5;2*1-20-9-6-10-22(17-20)26-18-23(13-14-27(26)30)25(12-7-15-31-21(2)33)24-11-8-16-32(19-24)28(34)35-29(3,4)5;1-17-6-3-7-19(14-17)23-15-20(10-11-24(23)25)22(9-5-13-27-18(2)28)21-8-4-12-26-16-21/h6,9-10,12-13,17-18,24,35H,7-8,11,14-16,19H2,1-5H3,(H,31,33);6,9-10,13-14,17-18,24-25H,7-8,11-12,15-16,19H2,1-5H3,(H,31,33);6,9-10,12-14,17-18,24H,7-8,11,15-16,19H2,1-5H3,(H,31,33);3,6-7,10-11,14-15,21-22,26H,4-5,8-9,12-13,16H2,1-2H3,(H,27,28)/b;;25-12+;/t24-,29-;24-,25+;24-;21-,22+/m1111/s1. The van der Waals surface area contributed by atoms with Gasteiger partial charge in [0.05, 0.1) is 5.60 Å². The molecule has 19 nitrogen and oxygen atoms in total. The first kappa shape index (κ1) is 107. The number of carbonyl (C=O) groups excluding carboxylic acids is 7. The van der Waals surface area contributed by atoms with Crippen LogP contribution in [0.2, 0.25) is 0 Å². The maximum atomic E-state index is 14.9. The highest BCUT2D eigenvalue weighted by atomic mass is 19.1. The highest BCUT2D eigenvalue weighted by Crippen LogP contribution is 2.45. The van der Waals surface area contributed by atoms with Crippen molar-refractivity contribution in [2.75, 3.05) is 78.5 Å². The average molecular weight is 1840 g/mol. The average Bonchev–Trinajstić information content (AvgIpc) is 0.759. The molecule has 0 unspecified atom stereocenters. The van der Waals surface area contributed by atoms with E-state index in [1.54, 1.807) is 41.0 Å². The van der Waals surface area contributed by atoms with Gasteiger partial charge < -0.3 is 60.6 Å². The SMILES string of the molecule is CC(=O)NCC/C=C(\c1ccc(F)c(-c2cccc(C)c2)c1)[C@@H]1CCCN(C(=O)OC(C)(C)C)C1.CC(=O)NCCC[C@@H](c1ccc(F)c(-c2cccc(C)c2)c1)[C@@H]1CCCN(C(=O)OC(C)(C)C)C1.CC(=O)NCCC[C@@H](c1ccc(F)c(-c2cccc(C)c2)c1)[C@@H]1CCCNC1.CC(=O)NCCC[C@@](O)(c1ccc(F)c(-c2cccc(C)c2)c1)[C@@H]1CCCN(C(=O)OC(C)(C)C)C1. The molecular formula is C111H146F4N8O11. The molecule has 4 fully saturated rings. The topological polar surface area (TPSA) is 237 Å². The van der Waals surface area contributed by atoms with Gasteiger partial charge in [-0.15, -0.1) is 0 Å². The summed E-state index contributed by atoms with van der Waals surface area (Å²) < 4.78 is 76.2. The van der Waals surface area contributed by atoms with Gasteiger partial charge in [0.2, 0.25) is 23.6 Å². The van der Waals surface area contributed by atoms with Crippen molar-refractivity contribution in [3.8, 4) is 44.5 Å². The van der Waals surface area contributed by atoms with Gasteiger partial charge >= 0.3 is 18.3 Å². The molecule has 12 rings (SSSR count).